The highest BCUT2D eigenvalue weighted by Gasteiger charge is 2.48. The first-order chi connectivity index (χ1) is 8.76. The molecular formula is C16H27NO2. The molecule has 2 aliphatic rings. The summed E-state index contributed by atoms with van der Waals surface area (Å²) in [7, 11) is 0. The van der Waals surface area contributed by atoms with Crippen molar-refractivity contribution in [3.63, 3.8) is 0 Å². The van der Waals surface area contributed by atoms with Crippen molar-refractivity contribution in [3.8, 4) is 0 Å². The van der Waals surface area contributed by atoms with E-state index in [1.54, 1.807) is 0 Å². The number of rotatable bonds is 4. The van der Waals surface area contributed by atoms with Crippen molar-refractivity contribution in [2.75, 3.05) is 6.54 Å². The summed E-state index contributed by atoms with van der Waals surface area (Å²) in [6, 6.07) is 0.234. The lowest BCUT2D eigenvalue weighted by atomic mass is 9.93. The van der Waals surface area contributed by atoms with Gasteiger partial charge in [0.1, 0.15) is 5.60 Å². The number of carbonyl (C=O) groups is 1. The first-order valence-electron chi connectivity index (χ1n) is 7.40. The third kappa shape index (κ3) is 3.13. The lowest BCUT2D eigenvalue weighted by molar-refractivity contribution is -0.142. The number of nitrogens with zero attached hydrogens (tertiary/aromatic N) is 1. The summed E-state index contributed by atoms with van der Waals surface area (Å²) >= 11 is 0. The normalized spacial score (nSPS) is 28.6. The van der Waals surface area contributed by atoms with E-state index in [9.17, 15) is 4.79 Å². The van der Waals surface area contributed by atoms with Crippen molar-refractivity contribution < 1.29 is 9.53 Å². The number of hydrogen-bond donors (Lipinski definition) is 0. The summed E-state index contributed by atoms with van der Waals surface area (Å²) in [4.78, 5) is 14.6. The van der Waals surface area contributed by atoms with Crippen molar-refractivity contribution in [1.82, 2.24) is 4.90 Å². The maximum atomic E-state index is 12.6. The van der Waals surface area contributed by atoms with Crippen LogP contribution >= 0.6 is 0 Å². The van der Waals surface area contributed by atoms with E-state index >= 15 is 0 Å². The third-order valence-electron chi connectivity index (χ3n) is 4.50. The molecule has 0 spiro atoms. The first kappa shape index (κ1) is 14.4. The van der Waals surface area contributed by atoms with E-state index in [1.165, 1.54) is 5.57 Å². The molecule has 1 aliphatic heterocycles. The predicted molar refractivity (Wildman–Crippen MR) is 76.7 cm³/mol. The molecular weight excluding hydrogens is 238 g/mol. The first-order valence-corrected chi connectivity index (χ1v) is 7.40. The van der Waals surface area contributed by atoms with E-state index < -0.39 is 0 Å². The Hall–Kier alpha value is -0.990. The quantitative estimate of drug-likeness (QED) is 0.778. The minimum absolute atomic E-state index is 0.0962. The monoisotopic (exact) mass is 265 g/mol. The Morgan fingerprint density at radius 1 is 1.37 bits per heavy atom. The molecule has 0 aromatic rings. The van der Waals surface area contributed by atoms with Gasteiger partial charge in [0.05, 0.1) is 12.8 Å². The van der Waals surface area contributed by atoms with Gasteiger partial charge in [-0.15, -0.1) is 0 Å². The maximum Gasteiger partial charge on any atom is 0.228 e. The lowest BCUT2D eigenvalue weighted by Gasteiger charge is -2.40. The molecule has 1 unspecified atom stereocenters. The molecule has 0 radical (unpaired) electrons. The van der Waals surface area contributed by atoms with Gasteiger partial charge in [-0.25, -0.2) is 0 Å². The summed E-state index contributed by atoms with van der Waals surface area (Å²) < 4.78 is 5.89. The molecule has 1 atom stereocenters. The van der Waals surface area contributed by atoms with E-state index in [0.29, 0.717) is 12.5 Å². The van der Waals surface area contributed by atoms with Crippen LogP contribution in [0.3, 0.4) is 0 Å². The molecule has 0 N–H and O–H groups in total. The summed E-state index contributed by atoms with van der Waals surface area (Å²) in [5.41, 5.74) is 0.959. The summed E-state index contributed by atoms with van der Waals surface area (Å²) in [6.07, 6.45) is 5.99. The molecule has 19 heavy (non-hydrogen) atoms. The van der Waals surface area contributed by atoms with Crippen LogP contribution in [-0.4, -0.2) is 29.0 Å². The van der Waals surface area contributed by atoms with Crippen LogP contribution in [0.5, 0.6) is 0 Å². The molecule has 1 saturated carbocycles. The van der Waals surface area contributed by atoms with Gasteiger partial charge in [-0.05, 0) is 59.0 Å². The molecule has 1 heterocycles. The van der Waals surface area contributed by atoms with Crippen LogP contribution in [0.1, 0.15) is 60.3 Å². The van der Waals surface area contributed by atoms with Crippen LogP contribution in [0.2, 0.25) is 0 Å². The Labute approximate surface area is 117 Å². The Balaban J connectivity index is 2.07. The smallest absolute Gasteiger partial charge is 0.228 e. The third-order valence-corrected chi connectivity index (χ3v) is 4.50. The minimum Gasteiger partial charge on any atom is -0.493 e. The Morgan fingerprint density at radius 3 is 2.42 bits per heavy atom. The van der Waals surface area contributed by atoms with Crippen LogP contribution in [0.25, 0.3) is 0 Å². The fourth-order valence-corrected chi connectivity index (χ4v) is 2.54. The summed E-state index contributed by atoms with van der Waals surface area (Å²) in [6.45, 7) is 11.2. The zero-order valence-corrected chi connectivity index (χ0v) is 13.0. The van der Waals surface area contributed by atoms with E-state index in [2.05, 4.69) is 34.6 Å². The van der Waals surface area contributed by atoms with E-state index in [1.807, 2.05) is 11.2 Å². The zero-order valence-electron chi connectivity index (χ0n) is 13.0. The number of carbonyl (C=O) groups excluding carboxylic acids is 1. The Kier molecular flexibility index (Phi) is 3.67. The lowest BCUT2D eigenvalue weighted by Crippen LogP contribution is -2.50. The fourth-order valence-electron chi connectivity index (χ4n) is 2.54. The van der Waals surface area contributed by atoms with Gasteiger partial charge in [-0.1, -0.05) is 6.92 Å². The summed E-state index contributed by atoms with van der Waals surface area (Å²) in [5.74, 6) is 0.304. The minimum atomic E-state index is -0.231. The average molecular weight is 265 g/mol. The summed E-state index contributed by atoms with van der Waals surface area (Å²) in [5, 5.41) is 0. The van der Waals surface area contributed by atoms with E-state index in [0.717, 1.165) is 25.7 Å². The average Bonchev–Trinajstić information content (AvgIpc) is 3.09. The van der Waals surface area contributed by atoms with Gasteiger partial charge in [0.2, 0.25) is 5.91 Å². The van der Waals surface area contributed by atoms with Crippen LogP contribution in [-0.2, 0) is 9.53 Å². The van der Waals surface area contributed by atoms with Gasteiger partial charge in [0.15, 0.2) is 0 Å². The van der Waals surface area contributed by atoms with Crippen molar-refractivity contribution >= 4 is 5.91 Å². The van der Waals surface area contributed by atoms with Crippen molar-refractivity contribution in [2.24, 2.45) is 5.41 Å². The predicted octanol–water partition coefficient (Wildman–Crippen LogP) is 3.50. The zero-order chi connectivity index (χ0) is 14.3. The van der Waals surface area contributed by atoms with E-state index in [-0.39, 0.29) is 17.1 Å². The number of allylic oxidation sites excluding steroid dienone is 1. The van der Waals surface area contributed by atoms with Gasteiger partial charge in [0.25, 0.3) is 0 Å². The van der Waals surface area contributed by atoms with Crippen LogP contribution in [0.4, 0.5) is 0 Å². The molecule has 1 fully saturated rings. The maximum absolute atomic E-state index is 12.6. The number of amides is 1. The molecule has 0 aromatic heterocycles. The van der Waals surface area contributed by atoms with Crippen LogP contribution in [0.15, 0.2) is 11.8 Å². The molecule has 0 aromatic carbocycles. The fraction of sp³-hybridized carbons (Fsp3) is 0.812. The molecule has 108 valence electrons. The van der Waals surface area contributed by atoms with Gasteiger partial charge in [-0.2, -0.15) is 0 Å². The molecule has 3 nitrogen and oxygen atoms in total. The highest BCUT2D eigenvalue weighted by atomic mass is 16.5. The molecule has 1 aliphatic carbocycles. The van der Waals surface area contributed by atoms with Gasteiger partial charge < -0.3 is 9.64 Å². The standard InChI is InChI=1S/C16H27NO2/c1-12(2)17(14(18)15(4)8-9-15)11-16(5)7-6-13(3)10-19-16/h10,12H,6-9,11H2,1-5H3. The second-order valence-corrected chi connectivity index (χ2v) is 7.12. The number of hydrogen-bond acceptors (Lipinski definition) is 2. The largest absolute Gasteiger partial charge is 0.493 e. The second-order valence-electron chi connectivity index (χ2n) is 7.12. The SMILES string of the molecule is CC1=COC(C)(CN(C(=O)C2(C)CC2)C(C)C)CC1. The van der Waals surface area contributed by atoms with Gasteiger partial charge >= 0.3 is 0 Å². The van der Waals surface area contributed by atoms with Crippen LogP contribution < -0.4 is 0 Å². The molecule has 1 amide bonds. The van der Waals surface area contributed by atoms with E-state index in [4.69, 9.17) is 4.74 Å². The Bertz CT molecular complexity index is 396. The van der Waals surface area contributed by atoms with Crippen molar-refractivity contribution in [1.29, 1.82) is 0 Å². The highest BCUT2D eigenvalue weighted by molar-refractivity contribution is 5.85. The van der Waals surface area contributed by atoms with Gasteiger partial charge in [-0.3, -0.25) is 4.79 Å². The molecule has 2 rings (SSSR count). The molecule has 3 heteroatoms. The highest BCUT2D eigenvalue weighted by Crippen LogP contribution is 2.47. The Morgan fingerprint density at radius 2 is 2.00 bits per heavy atom. The second kappa shape index (κ2) is 4.84. The van der Waals surface area contributed by atoms with Gasteiger partial charge in [0, 0.05) is 11.5 Å². The van der Waals surface area contributed by atoms with Crippen LogP contribution in [0, 0.1) is 5.41 Å². The van der Waals surface area contributed by atoms with Crippen molar-refractivity contribution in [3.05, 3.63) is 11.8 Å². The number of ether oxygens (including phenoxy) is 1. The molecule has 0 saturated heterocycles. The topological polar surface area (TPSA) is 29.5 Å². The molecule has 0 bridgehead atoms. The van der Waals surface area contributed by atoms with Crippen molar-refractivity contribution in [2.45, 2.75) is 71.9 Å².